The lowest BCUT2D eigenvalue weighted by Gasteiger charge is -2.12. The van der Waals surface area contributed by atoms with E-state index in [1.807, 2.05) is 0 Å². The molecule has 0 aromatic carbocycles. The molecule has 0 aromatic heterocycles. The number of hydrogen-bond donors (Lipinski definition) is 2. The zero-order valence-electron chi connectivity index (χ0n) is 4.76. The van der Waals surface area contributed by atoms with E-state index in [9.17, 15) is 0 Å². The van der Waals surface area contributed by atoms with Crippen LogP contribution in [-0.4, -0.2) is 27.5 Å². The largest absolute Gasteiger partial charge is 0.376 e. The summed E-state index contributed by atoms with van der Waals surface area (Å²) in [4.78, 5) is 1.62. The molecule has 1 saturated heterocycles. The van der Waals surface area contributed by atoms with Gasteiger partial charge in [0.05, 0.1) is 0 Å². The molecule has 0 bridgehead atoms. The van der Waals surface area contributed by atoms with E-state index in [4.69, 9.17) is 11.1 Å². The van der Waals surface area contributed by atoms with Gasteiger partial charge in [-0.05, 0) is 12.2 Å². The summed E-state index contributed by atoms with van der Waals surface area (Å²) in [5, 5.41) is 8.04. The number of thiocarbonyl (C=S) groups is 1. The molecule has 50 valence electrons. The Bertz CT molecular complexity index is 156. The standard InChI is InChI=1S/C4H7N3S2/c5-3(8)7-1-2-9-4(7)6/h6H,1-2H2,(H2,5,8). The number of thioether (sulfide) groups is 1. The van der Waals surface area contributed by atoms with E-state index in [1.54, 1.807) is 4.90 Å². The minimum Gasteiger partial charge on any atom is -0.376 e. The zero-order valence-corrected chi connectivity index (χ0v) is 6.39. The monoisotopic (exact) mass is 161 g/mol. The normalized spacial score (nSPS) is 18.7. The van der Waals surface area contributed by atoms with Crippen molar-refractivity contribution in [2.75, 3.05) is 12.3 Å². The van der Waals surface area contributed by atoms with Crippen molar-refractivity contribution in [1.82, 2.24) is 4.90 Å². The summed E-state index contributed by atoms with van der Waals surface area (Å²) in [5.74, 6) is 0.927. The molecular weight excluding hydrogens is 154 g/mol. The summed E-state index contributed by atoms with van der Waals surface area (Å²) < 4.78 is 0. The van der Waals surface area contributed by atoms with E-state index in [-0.39, 0.29) is 0 Å². The van der Waals surface area contributed by atoms with Crippen LogP contribution in [0, 0.1) is 5.41 Å². The number of nitrogens with zero attached hydrogens (tertiary/aromatic N) is 1. The number of amidine groups is 1. The van der Waals surface area contributed by atoms with Gasteiger partial charge in [-0.25, -0.2) is 0 Å². The van der Waals surface area contributed by atoms with E-state index >= 15 is 0 Å². The fraction of sp³-hybridized carbons (Fsp3) is 0.500. The summed E-state index contributed by atoms with van der Waals surface area (Å²) in [6.45, 7) is 0.791. The molecular formula is C4H7N3S2. The molecule has 9 heavy (non-hydrogen) atoms. The molecule has 0 spiro atoms. The van der Waals surface area contributed by atoms with Crippen molar-refractivity contribution >= 4 is 34.3 Å². The van der Waals surface area contributed by atoms with Crippen molar-refractivity contribution in [3.63, 3.8) is 0 Å². The second-order valence-corrected chi connectivity index (χ2v) is 3.15. The molecule has 0 radical (unpaired) electrons. The van der Waals surface area contributed by atoms with Gasteiger partial charge < -0.3 is 5.73 Å². The maximum Gasteiger partial charge on any atom is 0.172 e. The van der Waals surface area contributed by atoms with Gasteiger partial charge in [-0.3, -0.25) is 10.3 Å². The van der Waals surface area contributed by atoms with E-state index in [0.29, 0.717) is 10.3 Å². The maximum atomic E-state index is 7.26. The Morgan fingerprint density at radius 2 is 2.56 bits per heavy atom. The summed E-state index contributed by atoms with van der Waals surface area (Å²) >= 11 is 6.16. The van der Waals surface area contributed by atoms with Crippen molar-refractivity contribution in [2.24, 2.45) is 5.73 Å². The van der Waals surface area contributed by atoms with Gasteiger partial charge in [0.1, 0.15) is 0 Å². The Balaban J connectivity index is 2.60. The fourth-order valence-electron chi connectivity index (χ4n) is 0.623. The topological polar surface area (TPSA) is 53.1 Å². The molecule has 3 nitrogen and oxygen atoms in total. The smallest absolute Gasteiger partial charge is 0.172 e. The van der Waals surface area contributed by atoms with Crippen LogP contribution in [0.4, 0.5) is 0 Å². The minimum absolute atomic E-state index is 0.310. The quantitative estimate of drug-likeness (QED) is 0.499. The molecule has 3 N–H and O–H groups in total. The van der Waals surface area contributed by atoms with Crippen LogP contribution in [0.2, 0.25) is 0 Å². The van der Waals surface area contributed by atoms with Crippen LogP contribution in [0.5, 0.6) is 0 Å². The van der Waals surface area contributed by atoms with E-state index in [0.717, 1.165) is 12.3 Å². The molecule has 1 aliphatic heterocycles. The lowest BCUT2D eigenvalue weighted by Crippen LogP contribution is -2.35. The number of rotatable bonds is 0. The molecule has 0 aromatic rings. The van der Waals surface area contributed by atoms with Gasteiger partial charge in [-0.2, -0.15) is 0 Å². The third kappa shape index (κ3) is 1.34. The maximum absolute atomic E-state index is 7.26. The first kappa shape index (κ1) is 6.82. The van der Waals surface area contributed by atoms with Crippen molar-refractivity contribution in [1.29, 1.82) is 5.41 Å². The van der Waals surface area contributed by atoms with Crippen molar-refractivity contribution in [3.05, 3.63) is 0 Å². The van der Waals surface area contributed by atoms with Gasteiger partial charge >= 0.3 is 0 Å². The minimum atomic E-state index is 0.310. The molecule has 0 atom stereocenters. The van der Waals surface area contributed by atoms with Crippen LogP contribution >= 0.6 is 24.0 Å². The van der Waals surface area contributed by atoms with E-state index in [2.05, 4.69) is 12.2 Å². The fourth-order valence-corrected chi connectivity index (χ4v) is 1.68. The summed E-state index contributed by atoms with van der Waals surface area (Å²) in [5.41, 5.74) is 5.29. The first-order valence-electron chi connectivity index (χ1n) is 2.50. The molecule has 0 aliphatic carbocycles. The van der Waals surface area contributed by atoms with Crippen molar-refractivity contribution in [2.45, 2.75) is 0 Å². The highest BCUT2D eigenvalue weighted by molar-refractivity contribution is 8.14. The predicted molar refractivity (Wildman–Crippen MR) is 43.7 cm³/mol. The molecule has 0 unspecified atom stereocenters. The van der Waals surface area contributed by atoms with Crippen LogP contribution < -0.4 is 5.73 Å². The highest BCUT2D eigenvalue weighted by Crippen LogP contribution is 2.14. The molecule has 1 heterocycles. The van der Waals surface area contributed by atoms with Gasteiger partial charge in [0.25, 0.3) is 0 Å². The Labute approximate surface area is 63.1 Å². The number of hydrogen-bond acceptors (Lipinski definition) is 3. The Morgan fingerprint density at radius 1 is 1.89 bits per heavy atom. The summed E-state index contributed by atoms with van der Waals surface area (Å²) in [7, 11) is 0. The summed E-state index contributed by atoms with van der Waals surface area (Å²) in [6, 6.07) is 0. The van der Waals surface area contributed by atoms with Crippen molar-refractivity contribution < 1.29 is 0 Å². The lowest BCUT2D eigenvalue weighted by atomic mass is 10.6. The zero-order chi connectivity index (χ0) is 6.85. The van der Waals surface area contributed by atoms with Crippen LogP contribution in [0.25, 0.3) is 0 Å². The molecule has 0 amide bonds. The van der Waals surface area contributed by atoms with Gasteiger partial charge in [0, 0.05) is 12.3 Å². The van der Waals surface area contributed by atoms with E-state index in [1.165, 1.54) is 11.8 Å². The third-order valence-electron chi connectivity index (χ3n) is 1.06. The van der Waals surface area contributed by atoms with Gasteiger partial charge in [-0.1, -0.05) is 11.8 Å². The molecule has 1 rings (SSSR count). The highest BCUT2D eigenvalue weighted by Gasteiger charge is 2.18. The average molecular weight is 161 g/mol. The first-order valence-corrected chi connectivity index (χ1v) is 3.89. The van der Waals surface area contributed by atoms with Gasteiger partial charge in [0.2, 0.25) is 0 Å². The van der Waals surface area contributed by atoms with Crippen LogP contribution in [-0.2, 0) is 0 Å². The molecule has 5 heteroatoms. The van der Waals surface area contributed by atoms with Crippen LogP contribution in [0.1, 0.15) is 0 Å². The van der Waals surface area contributed by atoms with Crippen molar-refractivity contribution in [3.8, 4) is 0 Å². The third-order valence-corrected chi connectivity index (χ3v) is 2.17. The van der Waals surface area contributed by atoms with Gasteiger partial charge in [0.15, 0.2) is 10.3 Å². The molecule has 1 fully saturated rings. The number of nitrogens with two attached hydrogens (primary N) is 1. The Hall–Kier alpha value is -0.290. The molecule has 0 saturated carbocycles. The highest BCUT2D eigenvalue weighted by atomic mass is 32.2. The Kier molecular flexibility index (Phi) is 1.92. The van der Waals surface area contributed by atoms with E-state index < -0.39 is 0 Å². The lowest BCUT2D eigenvalue weighted by molar-refractivity contribution is 0.678. The number of nitrogens with one attached hydrogen (secondary N) is 1. The van der Waals surface area contributed by atoms with Gasteiger partial charge in [-0.15, -0.1) is 0 Å². The average Bonchev–Trinajstić information content (AvgIpc) is 2.13. The summed E-state index contributed by atoms with van der Waals surface area (Å²) in [6.07, 6.45) is 0. The first-order chi connectivity index (χ1) is 4.22. The second kappa shape index (κ2) is 2.53. The second-order valence-electron chi connectivity index (χ2n) is 1.64. The predicted octanol–water partition coefficient (Wildman–Crippen LogP) is 0.214. The molecule has 1 aliphatic rings. The van der Waals surface area contributed by atoms with Crippen LogP contribution in [0.15, 0.2) is 0 Å². The Morgan fingerprint density at radius 3 is 2.78 bits per heavy atom. The van der Waals surface area contributed by atoms with Crippen LogP contribution in [0.3, 0.4) is 0 Å². The SMILES string of the molecule is N=C1SCCN1C(N)=S.